The Bertz CT molecular complexity index is 571. The van der Waals surface area contributed by atoms with Crippen LogP contribution in [0.15, 0.2) is 4.90 Å². The highest BCUT2D eigenvalue weighted by molar-refractivity contribution is 7.89. The van der Waals surface area contributed by atoms with Gasteiger partial charge in [-0.25, -0.2) is 8.42 Å². The average molecular weight is 300 g/mol. The first-order valence-corrected chi connectivity index (χ1v) is 8.55. The van der Waals surface area contributed by atoms with Gasteiger partial charge in [-0.15, -0.1) is 0 Å². The Morgan fingerprint density at radius 2 is 1.90 bits per heavy atom. The molecule has 7 heteroatoms. The molecule has 1 aliphatic rings. The molecule has 1 aliphatic heterocycles. The zero-order valence-electron chi connectivity index (χ0n) is 12.7. The van der Waals surface area contributed by atoms with Crippen LogP contribution in [0.25, 0.3) is 0 Å². The molecular formula is C13H24N4O2S. The number of piperidine rings is 1. The van der Waals surface area contributed by atoms with Crippen LogP contribution in [0.5, 0.6) is 0 Å². The van der Waals surface area contributed by atoms with Crippen molar-refractivity contribution in [3.63, 3.8) is 0 Å². The number of nitrogens with zero attached hydrogens (tertiary/aromatic N) is 3. The molecule has 1 fully saturated rings. The number of aryl methyl sites for hydroxylation is 2. The van der Waals surface area contributed by atoms with Crippen LogP contribution in [-0.2, 0) is 17.1 Å². The molecule has 1 aromatic heterocycles. The minimum Gasteiger partial charge on any atom is -0.314 e. The molecule has 0 aromatic carbocycles. The Balaban J connectivity index is 2.20. The first-order valence-electron chi connectivity index (χ1n) is 7.11. The van der Waals surface area contributed by atoms with Crippen LogP contribution in [0.1, 0.15) is 31.2 Å². The van der Waals surface area contributed by atoms with Gasteiger partial charge in [0.25, 0.3) is 0 Å². The van der Waals surface area contributed by atoms with Gasteiger partial charge in [0, 0.05) is 26.2 Å². The molecule has 1 aromatic rings. The third-order valence-electron chi connectivity index (χ3n) is 3.99. The normalized spacial score (nSPS) is 18.6. The second-order valence-electron chi connectivity index (χ2n) is 5.36. The second-order valence-corrected chi connectivity index (χ2v) is 7.23. The van der Waals surface area contributed by atoms with E-state index in [-0.39, 0.29) is 0 Å². The Kier molecular flexibility index (Phi) is 4.51. The van der Waals surface area contributed by atoms with Gasteiger partial charge in [-0.05, 0) is 33.2 Å². The van der Waals surface area contributed by atoms with Crippen molar-refractivity contribution in [1.29, 1.82) is 0 Å². The third-order valence-corrected chi connectivity index (χ3v) is 6.14. The smallest absolute Gasteiger partial charge is 0.246 e. The number of hydrogen-bond donors (Lipinski definition) is 1. The van der Waals surface area contributed by atoms with Crippen LogP contribution in [0, 0.1) is 13.8 Å². The predicted molar refractivity (Wildman–Crippen MR) is 78.1 cm³/mol. The Morgan fingerprint density at radius 3 is 2.35 bits per heavy atom. The molecule has 2 rings (SSSR count). The van der Waals surface area contributed by atoms with Crippen LogP contribution in [0.3, 0.4) is 0 Å². The molecule has 0 aliphatic carbocycles. The fraction of sp³-hybridized carbons (Fsp3) is 0.769. The van der Waals surface area contributed by atoms with Gasteiger partial charge in [0.05, 0.1) is 11.4 Å². The topological polar surface area (TPSA) is 67.2 Å². The molecule has 0 atom stereocenters. The zero-order valence-corrected chi connectivity index (χ0v) is 13.5. The van der Waals surface area contributed by atoms with Gasteiger partial charge in [0.1, 0.15) is 4.90 Å². The van der Waals surface area contributed by atoms with E-state index in [1.54, 1.807) is 29.9 Å². The van der Waals surface area contributed by atoms with Gasteiger partial charge in [0.15, 0.2) is 0 Å². The lowest BCUT2D eigenvalue weighted by atomic mass is 10.1. The van der Waals surface area contributed by atoms with Gasteiger partial charge >= 0.3 is 0 Å². The largest absolute Gasteiger partial charge is 0.314 e. The van der Waals surface area contributed by atoms with E-state index in [2.05, 4.69) is 17.3 Å². The second kappa shape index (κ2) is 5.83. The van der Waals surface area contributed by atoms with Crippen molar-refractivity contribution in [2.24, 2.45) is 7.05 Å². The number of sulfonamides is 1. The van der Waals surface area contributed by atoms with E-state index in [1.165, 1.54) is 0 Å². The molecule has 0 spiro atoms. The Morgan fingerprint density at radius 1 is 1.30 bits per heavy atom. The van der Waals surface area contributed by atoms with E-state index >= 15 is 0 Å². The van der Waals surface area contributed by atoms with Crippen molar-refractivity contribution in [2.45, 2.75) is 44.6 Å². The van der Waals surface area contributed by atoms with E-state index in [1.807, 2.05) is 0 Å². The molecule has 1 N–H and O–H groups in total. The molecule has 2 heterocycles. The molecule has 6 nitrogen and oxygen atoms in total. The summed E-state index contributed by atoms with van der Waals surface area (Å²) < 4.78 is 28.7. The van der Waals surface area contributed by atoms with Crippen molar-refractivity contribution in [2.75, 3.05) is 19.6 Å². The molecular weight excluding hydrogens is 276 g/mol. The van der Waals surface area contributed by atoms with Crippen LogP contribution in [0.2, 0.25) is 0 Å². The van der Waals surface area contributed by atoms with Crippen LogP contribution >= 0.6 is 0 Å². The summed E-state index contributed by atoms with van der Waals surface area (Å²) in [4.78, 5) is 0.377. The highest BCUT2D eigenvalue weighted by atomic mass is 32.2. The lowest BCUT2D eigenvalue weighted by Gasteiger charge is -2.31. The third kappa shape index (κ3) is 2.75. The maximum absolute atomic E-state index is 12.8. The summed E-state index contributed by atoms with van der Waals surface area (Å²) in [6.45, 7) is 7.72. The van der Waals surface area contributed by atoms with Crippen LogP contribution < -0.4 is 5.32 Å². The van der Waals surface area contributed by atoms with Gasteiger partial charge in [0.2, 0.25) is 10.0 Å². The number of hydrogen-bond acceptors (Lipinski definition) is 4. The lowest BCUT2D eigenvalue weighted by molar-refractivity contribution is 0.292. The minimum atomic E-state index is -3.42. The van der Waals surface area contributed by atoms with Gasteiger partial charge in [-0.1, -0.05) is 6.92 Å². The molecule has 0 saturated carbocycles. The van der Waals surface area contributed by atoms with Gasteiger partial charge < -0.3 is 5.32 Å². The summed E-state index contributed by atoms with van der Waals surface area (Å²) in [6.07, 6.45) is 1.73. The quantitative estimate of drug-likeness (QED) is 0.893. The van der Waals surface area contributed by atoms with Crippen molar-refractivity contribution in [1.82, 2.24) is 19.4 Å². The summed E-state index contributed by atoms with van der Waals surface area (Å²) in [6, 6.07) is 0.433. The maximum atomic E-state index is 12.8. The standard InChI is InChI=1S/C13H24N4O2S/c1-5-14-12-6-8-17(9-7-12)20(18,19)13-10(2)15-16(4)11(13)3/h12,14H,5-9H2,1-4H3. The predicted octanol–water partition coefficient (Wildman–Crippen LogP) is 0.800. The summed E-state index contributed by atoms with van der Waals surface area (Å²) in [5.74, 6) is 0. The Labute approximate surface area is 121 Å². The molecule has 114 valence electrons. The summed E-state index contributed by atoms with van der Waals surface area (Å²) in [7, 11) is -1.64. The van der Waals surface area contributed by atoms with E-state index < -0.39 is 10.0 Å². The summed E-state index contributed by atoms with van der Waals surface area (Å²) >= 11 is 0. The Hall–Kier alpha value is -0.920. The van der Waals surface area contributed by atoms with E-state index in [9.17, 15) is 8.42 Å². The van der Waals surface area contributed by atoms with Gasteiger partial charge in [-0.3, -0.25) is 4.68 Å². The van der Waals surface area contributed by atoms with Crippen molar-refractivity contribution < 1.29 is 8.42 Å². The first-order chi connectivity index (χ1) is 9.37. The minimum absolute atomic E-state index is 0.377. The summed E-state index contributed by atoms with van der Waals surface area (Å²) in [5, 5.41) is 7.60. The molecule has 1 saturated heterocycles. The van der Waals surface area contributed by atoms with Crippen molar-refractivity contribution >= 4 is 10.0 Å². The van der Waals surface area contributed by atoms with E-state index in [0.29, 0.717) is 35.4 Å². The van der Waals surface area contributed by atoms with Gasteiger partial charge in [-0.2, -0.15) is 9.40 Å². The fourth-order valence-electron chi connectivity index (χ4n) is 2.85. The maximum Gasteiger partial charge on any atom is 0.246 e. The number of nitrogens with one attached hydrogen (secondary N) is 1. The van der Waals surface area contributed by atoms with E-state index in [4.69, 9.17) is 0 Å². The van der Waals surface area contributed by atoms with E-state index in [0.717, 1.165) is 19.4 Å². The number of rotatable bonds is 4. The van der Waals surface area contributed by atoms with Crippen molar-refractivity contribution in [3.8, 4) is 0 Å². The lowest BCUT2D eigenvalue weighted by Crippen LogP contribution is -2.45. The molecule has 0 radical (unpaired) electrons. The summed E-state index contributed by atoms with van der Waals surface area (Å²) in [5.41, 5.74) is 1.29. The monoisotopic (exact) mass is 300 g/mol. The molecule has 0 bridgehead atoms. The molecule has 20 heavy (non-hydrogen) atoms. The average Bonchev–Trinajstić information content (AvgIpc) is 2.64. The SMILES string of the molecule is CCNC1CCN(S(=O)(=O)c2c(C)nn(C)c2C)CC1. The zero-order chi connectivity index (χ0) is 14.9. The molecule has 0 unspecified atom stereocenters. The highest BCUT2D eigenvalue weighted by Crippen LogP contribution is 2.25. The fourth-order valence-corrected chi connectivity index (χ4v) is 4.71. The molecule has 0 amide bonds. The van der Waals surface area contributed by atoms with Crippen LogP contribution in [0.4, 0.5) is 0 Å². The van der Waals surface area contributed by atoms with Crippen LogP contribution in [-0.4, -0.2) is 48.2 Å². The highest BCUT2D eigenvalue weighted by Gasteiger charge is 2.33. The number of aromatic nitrogens is 2. The van der Waals surface area contributed by atoms with Crippen molar-refractivity contribution in [3.05, 3.63) is 11.4 Å². The first kappa shape index (κ1) is 15.5.